The van der Waals surface area contributed by atoms with Crippen LogP contribution in [0.1, 0.15) is 37.5 Å². The van der Waals surface area contributed by atoms with Gasteiger partial charge >= 0.3 is 12.3 Å². The fraction of sp³-hybridized carbons (Fsp3) is 0.250. The highest BCUT2D eigenvalue weighted by Crippen LogP contribution is 2.50. The topological polar surface area (TPSA) is 119 Å². The van der Waals surface area contributed by atoms with Crippen LogP contribution in [0.5, 0.6) is 5.88 Å². The zero-order valence-electron chi connectivity index (χ0n) is 19.7. The number of benzene rings is 2. The van der Waals surface area contributed by atoms with Crippen molar-refractivity contribution in [2.75, 3.05) is 11.6 Å². The lowest BCUT2D eigenvalue weighted by Gasteiger charge is -2.26. The number of thioether (sulfide) groups is 1. The number of halogens is 4. The third-order valence-electron chi connectivity index (χ3n) is 5.62. The Morgan fingerprint density at radius 1 is 1.16 bits per heavy atom. The normalized spacial score (nSPS) is 12.2. The maximum absolute atomic E-state index is 16.3. The summed E-state index contributed by atoms with van der Waals surface area (Å²) in [5.41, 5.74) is -3.72. The first-order valence-corrected chi connectivity index (χ1v) is 12.6. The van der Waals surface area contributed by atoms with Crippen LogP contribution in [0, 0.1) is 17.1 Å². The van der Waals surface area contributed by atoms with Gasteiger partial charge in [0.1, 0.15) is 16.6 Å². The predicted octanol–water partition coefficient (Wildman–Crippen LogP) is 7.36. The van der Waals surface area contributed by atoms with E-state index in [9.17, 15) is 33.4 Å². The average Bonchev–Trinajstić information content (AvgIpc) is 3.13. The zero-order chi connectivity index (χ0) is 27.4. The highest BCUT2D eigenvalue weighted by molar-refractivity contribution is 7.98. The van der Waals surface area contributed by atoms with E-state index in [-0.39, 0.29) is 31.4 Å². The molecular formula is C24H18F4N4O3S2. The molecule has 0 saturated heterocycles. The molecule has 0 spiro atoms. The first-order chi connectivity index (χ1) is 17.2. The Labute approximate surface area is 215 Å². The molecule has 2 heterocycles. The third-order valence-corrected chi connectivity index (χ3v) is 7.24. The number of anilines is 1. The van der Waals surface area contributed by atoms with Gasteiger partial charge in [-0.1, -0.05) is 38.6 Å². The number of rotatable bonds is 3. The van der Waals surface area contributed by atoms with Crippen molar-refractivity contribution >= 4 is 55.2 Å². The van der Waals surface area contributed by atoms with E-state index in [1.807, 2.05) is 6.07 Å². The van der Waals surface area contributed by atoms with Crippen molar-refractivity contribution in [3.05, 3.63) is 40.7 Å². The molecule has 0 fully saturated rings. The molecule has 0 unspecified atom stereocenters. The van der Waals surface area contributed by atoms with Gasteiger partial charge in [-0.15, -0.1) is 11.3 Å². The van der Waals surface area contributed by atoms with Crippen LogP contribution < -0.4 is 5.32 Å². The molecule has 0 atom stereocenters. The van der Waals surface area contributed by atoms with Crippen LogP contribution in [0.2, 0.25) is 0 Å². The van der Waals surface area contributed by atoms with Gasteiger partial charge in [0.15, 0.2) is 11.0 Å². The van der Waals surface area contributed by atoms with E-state index in [2.05, 4.69) is 15.3 Å². The molecule has 7 nitrogen and oxygen atoms in total. The van der Waals surface area contributed by atoms with Gasteiger partial charge in [-0.2, -0.15) is 23.4 Å². The van der Waals surface area contributed by atoms with Crippen LogP contribution in [0.4, 0.5) is 27.4 Å². The summed E-state index contributed by atoms with van der Waals surface area (Å²) in [5.74, 6) is -2.15. The van der Waals surface area contributed by atoms with Crippen LogP contribution >= 0.6 is 23.1 Å². The van der Waals surface area contributed by atoms with Gasteiger partial charge in [0.05, 0.1) is 16.5 Å². The van der Waals surface area contributed by atoms with E-state index in [1.165, 1.54) is 6.07 Å². The molecule has 2 aromatic heterocycles. The number of carboxylic acid groups (broad SMARTS) is 1. The molecule has 0 aliphatic rings. The summed E-state index contributed by atoms with van der Waals surface area (Å²) in [6.45, 7) is 5.16. The molecule has 0 radical (unpaired) electrons. The fourth-order valence-electron chi connectivity index (χ4n) is 4.12. The van der Waals surface area contributed by atoms with Gasteiger partial charge in [-0.05, 0) is 34.9 Å². The van der Waals surface area contributed by atoms with Crippen LogP contribution in [0.25, 0.3) is 32.1 Å². The summed E-state index contributed by atoms with van der Waals surface area (Å²) in [6.07, 6.45) is -4.98. The summed E-state index contributed by atoms with van der Waals surface area (Å²) >= 11 is 1.82. The Kier molecular flexibility index (Phi) is 6.46. The third kappa shape index (κ3) is 4.51. The van der Waals surface area contributed by atoms with E-state index in [4.69, 9.17) is 0 Å². The maximum Gasteiger partial charge on any atom is 0.417 e. The number of thiophene rings is 1. The highest BCUT2D eigenvalue weighted by atomic mass is 32.2. The second-order valence-corrected chi connectivity index (χ2v) is 10.8. The molecule has 0 aliphatic heterocycles. The fourth-order valence-corrected chi connectivity index (χ4v) is 5.53. The van der Waals surface area contributed by atoms with Crippen LogP contribution in [0.3, 0.4) is 0 Å². The molecule has 0 bridgehead atoms. The second-order valence-electron chi connectivity index (χ2n) is 9.00. The van der Waals surface area contributed by atoms with Gasteiger partial charge in [0.25, 0.3) is 0 Å². The molecule has 13 heteroatoms. The van der Waals surface area contributed by atoms with Crippen LogP contribution in [-0.4, -0.2) is 32.5 Å². The summed E-state index contributed by atoms with van der Waals surface area (Å²) < 4.78 is 60.0. The first-order valence-electron chi connectivity index (χ1n) is 10.5. The Balaban J connectivity index is 2.31. The average molecular weight is 551 g/mol. The number of fused-ring (bicyclic) bond motifs is 2. The van der Waals surface area contributed by atoms with Gasteiger partial charge in [0, 0.05) is 15.6 Å². The molecule has 1 amide bonds. The Bertz CT molecular complexity index is 1640. The lowest BCUT2D eigenvalue weighted by Crippen LogP contribution is -2.16. The minimum Gasteiger partial charge on any atom is -0.493 e. The molecular weight excluding hydrogens is 532 g/mol. The Morgan fingerprint density at radius 3 is 2.38 bits per heavy atom. The lowest BCUT2D eigenvalue weighted by molar-refractivity contribution is -0.137. The van der Waals surface area contributed by atoms with Gasteiger partial charge in [-0.25, -0.2) is 14.2 Å². The van der Waals surface area contributed by atoms with Gasteiger partial charge in [0.2, 0.25) is 5.88 Å². The van der Waals surface area contributed by atoms with Crippen molar-refractivity contribution in [2.45, 2.75) is 37.5 Å². The number of nitriles is 1. The van der Waals surface area contributed by atoms with Crippen molar-refractivity contribution in [2.24, 2.45) is 0 Å². The van der Waals surface area contributed by atoms with Crippen LogP contribution in [0.15, 0.2) is 23.4 Å². The van der Waals surface area contributed by atoms with E-state index in [0.717, 1.165) is 23.1 Å². The molecule has 4 aromatic rings. The van der Waals surface area contributed by atoms with E-state index in [0.29, 0.717) is 11.6 Å². The smallest absolute Gasteiger partial charge is 0.417 e. The minimum absolute atomic E-state index is 0.0178. The van der Waals surface area contributed by atoms with Crippen molar-refractivity contribution in [1.82, 2.24) is 9.97 Å². The monoisotopic (exact) mass is 550 g/mol. The molecule has 0 aliphatic carbocycles. The first kappa shape index (κ1) is 26.4. The summed E-state index contributed by atoms with van der Waals surface area (Å²) in [6, 6.07) is 5.55. The largest absolute Gasteiger partial charge is 0.493 e. The molecule has 37 heavy (non-hydrogen) atoms. The summed E-state index contributed by atoms with van der Waals surface area (Å²) in [4.78, 5) is 19.0. The predicted molar refractivity (Wildman–Crippen MR) is 134 cm³/mol. The van der Waals surface area contributed by atoms with Crippen molar-refractivity contribution in [3.63, 3.8) is 0 Å². The number of carbonyl (C=O) groups is 1. The van der Waals surface area contributed by atoms with Gasteiger partial charge < -0.3 is 10.2 Å². The maximum atomic E-state index is 16.3. The Hall–Kier alpha value is -3.63. The Morgan fingerprint density at radius 2 is 1.84 bits per heavy atom. The molecule has 3 N–H and O–H groups in total. The number of nitrogens with zero attached hydrogens (tertiary/aromatic N) is 3. The molecule has 0 saturated carbocycles. The zero-order valence-corrected chi connectivity index (χ0v) is 21.3. The number of hydrogen-bond donors (Lipinski definition) is 3. The van der Waals surface area contributed by atoms with E-state index < -0.39 is 51.4 Å². The molecule has 4 rings (SSSR count). The van der Waals surface area contributed by atoms with Crippen molar-refractivity contribution in [1.29, 1.82) is 5.26 Å². The number of aromatic nitrogens is 2. The minimum atomic E-state index is -5.07. The van der Waals surface area contributed by atoms with E-state index >= 15 is 4.39 Å². The number of nitrogens with one attached hydrogen (secondary N) is 1. The van der Waals surface area contributed by atoms with E-state index in [1.54, 1.807) is 33.1 Å². The summed E-state index contributed by atoms with van der Waals surface area (Å²) in [7, 11) is 0. The molecule has 192 valence electrons. The van der Waals surface area contributed by atoms with Gasteiger partial charge in [-0.3, -0.25) is 5.32 Å². The number of hydrogen-bond acceptors (Lipinski definition) is 7. The van der Waals surface area contributed by atoms with Crippen molar-refractivity contribution < 1.29 is 32.6 Å². The highest BCUT2D eigenvalue weighted by Gasteiger charge is 2.39. The summed E-state index contributed by atoms with van der Waals surface area (Å²) in [5, 5.41) is 30.8. The quantitative estimate of drug-likeness (QED) is 0.139. The standard InChI is InChI=1S/C24H18F4N4O3S2/c1-23(2,3)11-5-6-13-14(10(8-29)20(37-13)32-22(34)35)15(11)16-12(24(26,27)28)7-9-18(17(16)25)30-21(36-4)31-19(9)33/h5-7,32H,1-4H3,(H,34,35)(H,30,31,33). The van der Waals surface area contributed by atoms with Crippen LogP contribution in [-0.2, 0) is 11.6 Å². The lowest BCUT2D eigenvalue weighted by atomic mass is 9.78. The number of aromatic hydroxyl groups is 1. The number of alkyl halides is 3. The SMILES string of the molecule is CSc1nc(O)c2cc(C(F)(F)F)c(-c3c(C(C)(C)C)ccc4sc(NC(=O)O)c(C#N)c34)c(F)c2n1. The second kappa shape index (κ2) is 9.04. The van der Waals surface area contributed by atoms with Crippen molar-refractivity contribution in [3.8, 4) is 23.1 Å². The number of amides is 1. The molecule has 2 aromatic carbocycles.